The van der Waals surface area contributed by atoms with Crippen molar-refractivity contribution in [1.29, 1.82) is 0 Å². The van der Waals surface area contributed by atoms with Crippen molar-refractivity contribution in [2.24, 2.45) is 11.1 Å². The largest absolute Gasteiger partial charge is 0.354 e. The molecule has 4 rings (SSSR count). The SMILES string of the molecule is N[C@@H](Cc1ccccc1)C(=O)NCC1(CS(=O)(=O)c2ccc3ccccc3c2)CCNCC1. The van der Waals surface area contributed by atoms with Crippen molar-refractivity contribution in [3.63, 3.8) is 0 Å². The van der Waals surface area contributed by atoms with Gasteiger partial charge in [-0.2, -0.15) is 0 Å². The van der Waals surface area contributed by atoms with Crippen molar-refractivity contribution in [3.05, 3.63) is 78.4 Å². The number of carbonyl (C=O) groups excluding carboxylic acids is 1. The summed E-state index contributed by atoms with van der Waals surface area (Å²) in [5.41, 5.74) is 6.60. The van der Waals surface area contributed by atoms with Gasteiger partial charge in [-0.05, 0) is 60.8 Å². The number of rotatable bonds is 8. The first-order valence-corrected chi connectivity index (χ1v) is 13.0. The van der Waals surface area contributed by atoms with E-state index in [9.17, 15) is 13.2 Å². The molecule has 1 aliphatic rings. The fourth-order valence-corrected chi connectivity index (χ4v) is 6.49. The Kier molecular flexibility index (Phi) is 7.12. The molecule has 1 atom stereocenters. The van der Waals surface area contributed by atoms with E-state index in [1.807, 2.05) is 60.7 Å². The van der Waals surface area contributed by atoms with E-state index in [0.717, 1.165) is 29.4 Å². The number of carbonyl (C=O) groups is 1. The average molecular weight is 466 g/mol. The summed E-state index contributed by atoms with van der Waals surface area (Å²) in [5.74, 6) is -0.256. The number of sulfone groups is 1. The van der Waals surface area contributed by atoms with Crippen LogP contribution in [0.3, 0.4) is 0 Å². The summed E-state index contributed by atoms with van der Waals surface area (Å²) in [5, 5.41) is 8.17. The Labute approximate surface area is 195 Å². The molecule has 3 aromatic carbocycles. The minimum Gasteiger partial charge on any atom is -0.354 e. The topological polar surface area (TPSA) is 101 Å². The van der Waals surface area contributed by atoms with Gasteiger partial charge in [0.2, 0.25) is 5.91 Å². The number of nitrogens with one attached hydrogen (secondary N) is 2. The van der Waals surface area contributed by atoms with Crippen LogP contribution in [0.2, 0.25) is 0 Å². The molecule has 1 saturated heterocycles. The highest BCUT2D eigenvalue weighted by molar-refractivity contribution is 7.91. The van der Waals surface area contributed by atoms with Crippen molar-refractivity contribution in [2.45, 2.75) is 30.2 Å². The molecule has 7 heteroatoms. The summed E-state index contributed by atoms with van der Waals surface area (Å²) in [6.45, 7) is 1.74. The van der Waals surface area contributed by atoms with Crippen LogP contribution in [-0.4, -0.2) is 45.8 Å². The van der Waals surface area contributed by atoms with E-state index in [1.54, 1.807) is 12.1 Å². The highest BCUT2D eigenvalue weighted by atomic mass is 32.2. The van der Waals surface area contributed by atoms with Crippen LogP contribution >= 0.6 is 0 Å². The first-order valence-electron chi connectivity index (χ1n) is 11.4. The van der Waals surface area contributed by atoms with Crippen molar-refractivity contribution < 1.29 is 13.2 Å². The lowest BCUT2D eigenvalue weighted by molar-refractivity contribution is -0.122. The molecule has 1 amide bonds. The molecule has 33 heavy (non-hydrogen) atoms. The van der Waals surface area contributed by atoms with E-state index in [1.165, 1.54) is 0 Å². The minimum atomic E-state index is -3.54. The van der Waals surface area contributed by atoms with Crippen molar-refractivity contribution in [2.75, 3.05) is 25.4 Å². The molecular weight excluding hydrogens is 434 g/mol. The molecule has 1 heterocycles. The highest BCUT2D eigenvalue weighted by Crippen LogP contribution is 2.33. The number of benzene rings is 3. The Morgan fingerprint density at radius 2 is 1.64 bits per heavy atom. The lowest BCUT2D eigenvalue weighted by atomic mass is 9.80. The molecular formula is C26H31N3O3S. The maximum absolute atomic E-state index is 13.4. The van der Waals surface area contributed by atoms with Gasteiger partial charge < -0.3 is 16.4 Å². The first kappa shape index (κ1) is 23.4. The normalized spacial score (nSPS) is 16.9. The fourth-order valence-electron chi connectivity index (χ4n) is 4.54. The molecule has 6 nitrogen and oxygen atoms in total. The predicted molar refractivity (Wildman–Crippen MR) is 132 cm³/mol. The van der Waals surface area contributed by atoms with Crippen LogP contribution in [0.15, 0.2) is 77.7 Å². The van der Waals surface area contributed by atoms with E-state index in [2.05, 4.69) is 10.6 Å². The van der Waals surface area contributed by atoms with Crippen LogP contribution in [0.25, 0.3) is 10.8 Å². The molecule has 0 spiro atoms. The predicted octanol–water partition coefficient (Wildman–Crippen LogP) is 2.67. The lowest BCUT2D eigenvalue weighted by Crippen LogP contribution is -2.51. The number of hydrogen-bond donors (Lipinski definition) is 3. The van der Waals surface area contributed by atoms with Gasteiger partial charge in [-0.3, -0.25) is 4.79 Å². The van der Waals surface area contributed by atoms with Crippen LogP contribution in [0.4, 0.5) is 0 Å². The smallest absolute Gasteiger partial charge is 0.237 e. The third kappa shape index (κ3) is 5.79. The van der Waals surface area contributed by atoms with Gasteiger partial charge in [-0.15, -0.1) is 0 Å². The third-order valence-corrected chi connectivity index (χ3v) is 8.48. The van der Waals surface area contributed by atoms with Gasteiger partial charge in [0, 0.05) is 12.0 Å². The van der Waals surface area contributed by atoms with Gasteiger partial charge in [-0.1, -0.05) is 60.7 Å². The van der Waals surface area contributed by atoms with Gasteiger partial charge in [0.05, 0.1) is 16.7 Å². The zero-order chi connectivity index (χ0) is 23.3. The van der Waals surface area contributed by atoms with E-state index in [4.69, 9.17) is 5.73 Å². The lowest BCUT2D eigenvalue weighted by Gasteiger charge is -2.37. The van der Waals surface area contributed by atoms with Gasteiger partial charge >= 0.3 is 0 Å². The van der Waals surface area contributed by atoms with Crippen molar-refractivity contribution in [1.82, 2.24) is 10.6 Å². The molecule has 0 saturated carbocycles. The molecule has 1 fully saturated rings. The summed E-state index contributed by atoms with van der Waals surface area (Å²) in [4.78, 5) is 13.0. The Morgan fingerprint density at radius 1 is 0.970 bits per heavy atom. The Hall–Kier alpha value is -2.74. The van der Waals surface area contributed by atoms with Crippen LogP contribution in [0, 0.1) is 5.41 Å². The van der Waals surface area contributed by atoms with E-state index < -0.39 is 21.3 Å². The summed E-state index contributed by atoms with van der Waals surface area (Å²) in [6, 6.07) is 22.0. The van der Waals surface area contributed by atoms with Crippen LogP contribution in [0.1, 0.15) is 18.4 Å². The standard InChI is InChI=1S/C26H31N3O3S/c27-24(16-20-6-2-1-3-7-20)25(30)29-18-26(12-14-28-15-13-26)19-33(31,32)23-11-10-21-8-4-5-9-22(21)17-23/h1-11,17,24,28H,12-16,18-19,27H2,(H,29,30)/t24-/m0/s1. The number of nitrogens with two attached hydrogens (primary N) is 1. The number of hydrogen-bond acceptors (Lipinski definition) is 5. The summed E-state index contributed by atoms with van der Waals surface area (Å²) < 4.78 is 26.8. The second kappa shape index (κ2) is 10.0. The summed E-state index contributed by atoms with van der Waals surface area (Å²) in [7, 11) is -3.54. The maximum atomic E-state index is 13.4. The highest BCUT2D eigenvalue weighted by Gasteiger charge is 2.38. The average Bonchev–Trinajstić information content (AvgIpc) is 2.83. The van der Waals surface area contributed by atoms with Gasteiger partial charge in [-0.25, -0.2) is 8.42 Å². The van der Waals surface area contributed by atoms with Crippen molar-refractivity contribution >= 4 is 26.5 Å². The van der Waals surface area contributed by atoms with E-state index in [0.29, 0.717) is 30.7 Å². The van der Waals surface area contributed by atoms with Crippen LogP contribution < -0.4 is 16.4 Å². The van der Waals surface area contributed by atoms with E-state index >= 15 is 0 Å². The zero-order valence-corrected chi connectivity index (χ0v) is 19.5. The Balaban J connectivity index is 1.47. The second-order valence-electron chi connectivity index (χ2n) is 9.03. The quantitative estimate of drug-likeness (QED) is 0.475. The third-order valence-electron chi connectivity index (χ3n) is 6.51. The Morgan fingerprint density at radius 3 is 2.36 bits per heavy atom. The van der Waals surface area contributed by atoms with Gasteiger partial charge in [0.15, 0.2) is 9.84 Å². The molecule has 0 aliphatic carbocycles. The molecule has 4 N–H and O–H groups in total. The van der Waals surface area contributed by atoms with E-state index in [-0.39, 0.29) is 11.7 Å². The molecule has 0 radical (unpaired) electrons. The minimum absolute atomic E-state index is 0.00573. The number of amides is 1. The second-order valence-corrected chi connectivity index (χ2v) is 11.0. The molecule has 0 aromatic heterocycles. The Bertz CT molecular complexity index is 1210. The number of piperidine rings is 1. The van der Waals surface area contributed by atoms with Gasteiger partial charge in [0.1, 0.15) is 0 Å². The summed E-state index contributed by atoms with van der Waals surface area (Å²) in [6.07, 6.45) is 1.79. The monoisotopic (exact) mass is 465 g/mol. The van der Waals surface area contributed by atoms with Crippen LogP contribution in [-0.2, 0) is 21.1 Å². The number of fused-ring (bicyclic) bond motifs is 1. The molecule has 0 bridgehead atoms. The first-order chi connectivity index (χ1) is 15.9. The van der Waals surface area contributed by atoms with Crippen LogP contribution in [0.5, 0.6) is 0 Å². The maximum Gasteiger partial charge on any atom is 0.237 e. The summed E-state index contributed by atoms with van der Waals surface area (Å²) >= 11 is 0. The van der Waals surface area contributed by atoms with Gasteiger partial charge in [0.25, 0.3) is 0 Å². The fraction of sp³-hybridized carbons (Fsp3) is 0.346. The molecule has 0 unspecified atom stereocenters. The zero-order valence-electron chi connectivity index (χ0n) is 18.7. The molecule has 174 valence electrons. The molecule has 1 aliphatic heterocycles. The molecule has 3 aromatic rings. The van der Waals surface area contributed by atoms with Crippen molar-refractivity contribution in [3.8, 4) is 0 Å².